The molecule has 1 aromatic heterocycles. The van der Waals surface area contributed by atoms with Crippen molar-refractivity contribution in [1.82, 2.24) is 5.32 Å². The fourth-order valence-corrected chi connectivity index (χ4v) is 1.31. The number of hydrogen-bond donors (Lipinski definition) is 1. The largest absolute Gasteiger partial charge is 0.452 e. The number of carbonyl (C=O) groups excluding carboxylic acids is 1. The van der Waals surface area contributed by atoms with E-state index in [2.05, 4.69) is 11.2 Å². The lowest BCUT2D eigenvalue weighted by molar-refractivity contribution is 0.0952. The summed E-state index contributed by atoms with van der Waals surface area (Å²) < 4.78 is 4.81. The first kappa shape index (κ1) is 11.7. The molecule has 0 fully saturated rings. The van der Waals surface area contributed by atoms with Crippen LogP contribution in [0.4, 0.5) is 0 Å². The van der Waals surface area contributed by atoms with Crippen LogP contribution in [0.1, 0.15) is 29.6 Å². The molecule has 1 rings (SSSR count). The van der Waals surface area contributed by atoms with Gasteiger partial charge in [0.15, 0.2) is 0 Å². The summed E-state index contributed by atoms with van der Waals surface area (Å²) >= 11 is 5.64. The summed E-state index contributed by atoms with van der Waals surface area (Å²) in [5.74, 6) is 2.33. The van der Waals surface area contributed by atoms with E-state index < -0.39 is 0 Å². The summed E-state index contributed by atoms with van der Waals surface area (Å²) in [6.07, 6.45) is 9.00. The van der Waals surface area contributed by atoms with Crippen molar-refractivity contribution in [2.24, 2.45) is 0 Å². The standard InChI is InChI=1S/C11H12ClNO2/c1-2-3-4-5-7-13-11(14)9-6-8-15-10(9)12/h1,6,8H,3-5,7H2,(H,13,14). The number of nitrogens with one attached hydrogen (secondary N) is 1. The van der Waals surface area contributed by atoms with Crippen LogP contribution in [0.25, 0.3) is 0 Å². The molecule has 1 amide bonds. The Balaban J connectivity index is 2.26. The first-order valence-corrected chi connectivity index (χ1v) is 5.08. The Morgan fingerprint density at radius 1 is 1.60 bits per heavy atom. The Hall–Kier alpha value is -1.40. The van der Waals surface area contributed by atoms with Gasteiger partial charge >= 0.3 is 0 Å². The third-order valence-corrected chi connectivity index (χ3v) is 2.19. The van der Waals surface area contributed by atoms with Crippen molar-refractivity contribution in [3.8, 4) is 12.3 Å². The highest BCUT2D eigenvalue weighted by Gasteiger charge is 2.11. The summed E-state index contributed by atoms with van der Waals surface area (Å²) in [6.45, 7) is 0.599. The Kier molecular flexibility index (Phi) is 4.79. The van der Waals surface area contributed by atoms with Gasteiger partial charge in [0.2, 0.25) is 5.22 Å². The fourth-order valence-electron chi connectivity index (χ4n) is 1.10. The number of amides is 1. The maximum Gasteiger partial charge on any atom is 0.256 e. The number of carbonyl (C=O) groups is 1. The monoisotopic (exact) mass is 225 g/mol. The molecule has 0 atom stereocenters. The van der Waals surface area contributed by atoms with Crippen molar-refractivity contribution in [3.63, 3.8) is 0 Å². The zero-order valence-electron chi connectivity index (χ0n) is 8.25. The zero-order chi connectivity index (χ0) is 11.1. The molecule has 0 aliphatic heterocycles. The van der Waals surface area contributed by atoms with E-state index in [9.17, 15) is 4.79 Å². The predicted octanol–water partition coefficient (Wildman–Crippen LogP) is 2.47. The minimum Gasteiger partial charge on any atom is -0.452 e. The van der Waals surface area contributed by atoms with Gasteiger partial charge in [0, 0.05) is 13.0 Å². The van der Waals surface area contributed by atoms with E-state index in [4.69, 9.17) is 22.4 Å². The van der Waals surface area contributed by atoms with Crippen LogP contribution in [0.5, 0.6) is 0 Å². The molecule has 0 bridgehead atoms. The van der Waals surface area contributed by atoms with Gasteiger partial charge in [0.1, 0.15) is 0 Å². The Morgan fingerprint density at radius 3 is 3.00 bits per heavy atom. The van der Waals surface area contributed by atoms with Gasteiger partial charge in [-0.25, -0.2) is 0 Å². The third-order valence-electron chi connectivity index (χ3n) is 1.90. The summed E-state index contributed by atoms with van der Waals surface area (Å²) in [6, 6.07) is 1.54. The van der Waals surface area contributed by atoms with Crippen LogP contribution < -0.4 is 5.32 Å². The summed E-state index contributed by atoms with van der Waals surface area (Å²) in [7, 11) is 0. The highest BCUT2D eigenvalue weighted by molar-refractivity contribution is 6.32. The number of terminal acetylenes is 1. The smallest absolute Gasteiger partial charge is 0.256 e. The number of rotatable bonds is 5. The topological polar surface area (TPSA) is 42.2 Å². The molecule has 1 aromatic rings. The zero-order valence-corrected chi connectivity index (χ0v) is 9.01. The lowest BCUT2D eigenvalue weighted by Gasteiger charge is -2.02. The Bertz CT molecular complexity index is 365. The Labute approximate surface area is 93.8 Å². The lowest BCUT2D eigenvalue weighted by Crippen LogP contribution is -2.24. The van der Waals surface area contributed by atoms with Crippen LogP contribution in [-0.2, 0) is 0 Å². The van der Waals surface area contributed by atoms with Gasteiger partial charge in [-0.1, -0.05) is 0 Å². The average Bonchev–Trinajstić information content (AvgIpc) is 2.64. The minimum atomic E-state index is -0.213. The first-order valence-electron chi connectivity index (χ1n) is 4.70. The maximum absolute atomic E-state index is 11.5. The molecular weight excluding hydrogens is 214 g/mol. The molecule has 1 heterocycles. The number of unbranched alkanes of at least 4 members (excludes halogenated alkanes) is 2. The summed E-state index contributed by atoms with van der Waals surface area (Å²) in [5.41, 5.74) is 0.369. The normalized spacial score (nSPS) is 9.60. The van der Waals surface area contributed by atoms with Crippen LogP contribution in [0.3, 0.4) is 0 Å². The van der Waals surface area contributed by atoms with Gasteiger partial charge in [0.25, 0.3) is 5.91 Å². The molecule has 15 heavy (non-hydrogen) atoms. The second-order valence-corrected chi connectivity index (χ2v) is 3.37. The molecule has 4 heteroatoms. The molecule has 0 spiro atoms. The van der Waals surface area contributed by atoms with Gasteiger partial charge in [-0.2, -0.15) is 0 Å². The average molecular weight is 226 g/mol. The highest BCUT2D eigenvalue weighted by Crippen LogP contribution is 2.15. The molecule has 1 N–H and O–H groups in total. The molecule has 0 unspecified atom stereocenters. The Morgan fingerprint density at radius 2 is 2.40 bits per heavy atom. The van der Waals surface area contributed by atoms with Crippen LogP contribution in [0, 0.1) is 12.3 Å². The van der Waals surface area contributed by atoms with Crippen LogP contribution >= 0.6 is 11.6 Å². The van der Waals surface area contributed by atoms with Crippen molar-refractivity contribution < 1.29 is 9.21 Å². The molecule has 0 saturated heterocycles. The van der Waals surface area contributed by atoms with Crippen LogP contribution in [-0.4, -0.2) is 12.5 Å². The van der Waals surface area contributed by atoms with E-state index in [-0.39, 0.29) is 11.1 Å². The summed E-state index contributed by atoms with van der Waals surface area (Å²) in [5, 5.41) is 2.85. The van der Waals surface area contributed by atoms with Gasteiger partial charge in [-0.05, 0) is 30.5 Å². The van der Waals surface area contributed by atoms with Crippen molar-refractivity contribution in [2.45, 2.75) is 19.3 Å². The molecule has 80 valence electrons. The second-order valence-electron chi connectivity index (χ2n) is 3.03. The molecule has 0 aliphatic carbocycles. The first-order chi connectivity index (χ1) is 7.25. The number of furan rings is 1. The third kappa shape index (κ3) is 3.69. The SMILES string of the molecule is C#CCCCCNC(=O)c1ccoc1Cl. The van der Waals surface area contributed by atoms with E-state index >= 15 is 0 Å². The number of halogens is 1. The van der Waals surface area contributed by atoms with Crippen molar-refractivity contribution >= 4 is 17.5 Å². The van der Waals surface area contributed by atoms with Crippen LogP contribution in [0.15, 0.2) is 16.7 Å². The van der Waals surface area contributed by atoms with E-state index in [0.29, 0.717) is 12.1 Å². The van der Waals surface area contributed by atoms with E-state index in [1.165, 1.54) is 6.26 Å². The summed E-state index contributed by atoms with van der Waals surface area (Å²) in [4.78, 5) is 11.5. The van der Waals surface area contributed by atoms with Gasteiger partial charge in [0.05, 0.1) is 11.8 Å². The quantitative estimate of drug-likeness (QED) is 0.618. The molecule has 0 radical (unpaired) electrons. The molecule has 3 nitrogen and oxygen atoms in total. The second kappa shape index (κ2) is 6.15. The van der Waals surface area contributed by atoms with Crippen molar-refractivity contribution in [3.05, 3.63) is 23.1 Å². The molecule has 0 aromatic carbocycles. The van der Waals surface area contributed by atoms with E-state index in [0.717, 1.165) is 19.3 Å². The fraction of sp³-hybridized carbons (Fsp3) is 0.364. The van der Waals surface area contributed by atoms with Crippen LogP contribution in [0.2, 0.25) is 5.22 Å². The van der Waals surface area contributed by atoms with Crippen molar-refractivity contribution in [1.29, 1.82) is 0 Å². The molecule has 0 saturated carbocycles. The molecule has 0 aliphatic rings. The number of hydrogen-bond acceptors (Lipinski definition) is 2. The van der Waals surface area contributed by atoms with Gasteiger partial charge in [-0.3, -0.25) is 4.79 Å². The maximum atomic E-state index is 11.5. The van der Waals surface area contributed by atoms with E-state index in [1.54, 1.807) is 6.07 Å². The predicted molar refractivity (Wildman–Crippen MR) is 58.7 cm³/mol. The van der Waals surface area contributed by atoms with Gasteiger partial charge in [-0.15, -0.1) is 12.3 Å². The highest BCUT2D eigenvalue weighted by atomic mass is 35.5. The van der Waals surface area contributed by atoms with E-state index in [1.807, 2.05) is 0 Å². The van der Waals surface area contributed by atoms with Crippen molar-refractivity contribution in [2.75, 3.05) is 6.54 Å². The molecular formula is C11H12ClNO2. The lowest BCUT2D eigenvalue weighted by atomic mass is 10.2. The minimum absolute atomic E-state index is 0.121. The van der Waals surface area contributed by atoms with Gasteiger partial charge < -0.3 is 9.73 Å².